The van der Waals surface area contributed by atoms with Crippen molar-refractivity contribution in [3.63, 3.8) is 0 Å². The van der Waals surface area contributed by atoms with Gasteiger partial charge in [0.05, 0.1) is 0 Å². The molecular formula is C17H29ClN2. The van der Waals surface area contributed by atoms with Crippen LogP contribution in [0.5, 0.6) is 0 Å². The molecule has 0 amide bonds. The summed E-state index contributed by atoms with van der Waals surface area (Å²) < 4.78 is 0. The quantitative estimate of drug-likeness (QED) is 0.723. The second-order valence-corrected chi connectivity index (χ2v) is 6.94. The fourth-order valence-corrected chi connectivity index (χ4v) is 2.29. The number of rotatable bonds is 7. The van der Waals surface area contributed by atoms with E-state index in [2.05, 4.69) is 57.1 Å². The summed E-state index contributed by atoms with van der Waals surface area (Å²) in [5.41, 5.74) is 2.67. The third-order valence-electron chi connectivity index (χ3n) is 3.36. The minimum Gasteiger partial charge on any atom is -0.374 e. The van der Waals surface area contributed by atoms with Crippen LogP contribution in [-0.4, -0.2) is 19.1 Å². The molecule has 1 rings (SSSR count). The van der Waals surface area contributed by atoms with E-state index in [0.717, 1.165) is 18.1 Å². The topological polar surface area (TPSA) is 15.3 Å². The molecule has 0 aliphatic carbocycles. The fraction of sp³-hybridized carbons (Fsp3) is 0.647. The smallest absolute Gasteiger partial charge is 0.0426 e. The predicted molar refractivity (Wildman–Crippen MR) is 90.8 cm³/mol. The molecule has 0 aliphatic heterocycles. The van der Waals surface area contributed by atoms with Gasteiger partial charge in [0.1, 0.15) is 0 Å². The summed E-state index contributed by atoms with van der Waals surface area (Å²) in [5, 5.41) is 4.36. The molecule has 0 unspecified atom stereocenters. The maximum Gasteiger partial charge on any atom is 0.0426 e. The highest BCUT2D eigenvalue weighted by Gasteiger charge is 2.12. The van der Waals surface area contributed by atoms with Gasteiger partial charge in [0, 0.05) is 36.4 Å². The monoisotopic (exact) mass is 296 g/mol. The predicted octanol–water partition coefficient (Wildman–Crippen LogP) is 4.85. The van der Waals surface area contributed by atoms with Crippen molar-refractivity contribution >= 4 is 17.3 Å². The summed E-state index contributed by atoms with van der Waals surface area (Å²) in [7, 11) is 2.15. The first-order chi connectivity index (χ1) is 9.33. The van der Waals surface area contributed by atoms with Gasteiger partial charge in [-0.3, -0.25) is 0 Å². The van der Waals surface area contributed by atoms with E-state index in [0.29, 0.717) is 0 Å². The first-order valence-corrected chi connectivity index (χ1v) is 7.96. The van der Waals surface area contributed by atoms with Crippen molar-refractivity contribution in [2.75, 3.05) is 18.5 Å². The molecule has 0 saturated heterocycles. The Morgan fingerprint density at radius 1 is 1.20 bits per heavy atom. The van der Waals surface area contributed by atoms with E-state index in [4.69, 9.17) is 11.6 Å². The van der Waals surface area contributed by atoms with Crippen LogP contribution in [0, 0.1) is 0 Å². The molecule has 0 radical (unpaired) electrons. The average Bonchev–Trinajstić information content (AvgIpc) is 2.36. The van der Waals surface area contributed by atoms with Gasteiger partial charge < -0.3 is 10.2 Å². The molecule has 20 heavy (non-hydrogen) atoms. The van der Waals surface area contributed by atoms with E-state index < -0.39 is 0 Å². The second-order valence-electron chi connectivity index (χ2n) is 6.51. The number of hydrogen-bond donors (Lipinski definition) is 1. The molecule has 0 spiro atoms. The van der Waals surface area contributed by atoms with E-state index in [1.807, 2.05) is 6.07 Å². The van der Waals surface area contributed by atoms with Crippen LogP contribution in [0.25, 0.3) is 0 Å². The molecule has 3 heteroatoms. The summed E-state index contributed by atoms with van der Waals surface area (Å²) in [5.74, 6) is 0. The Morgan fingerprint density at radius 3 is 2.50 bits per heavy atom. The average molecular weight is 297 g/mol. The van der Waals surface area contributed by atoms with Gasteiger partial charge in [-0.1, -0.05) is 37.4 Å². The third-order valence-corrected chi connectivity index (χ3v) is 3.60. The number of anilines is 1. The standard InChI is InChI=1S/C17H29ClN2/c1-6-7-8-11-20(5)16-12-15(18)10-9-14(16)13-19-17(2,3)4/h9-10,12,19H,6-8,11,13H2,1-5H3. The van der Waals surface area contributed by atoms with Crippen LogP contribution in [0.4, 0.5) is 5.69 Å². The normalized spacial score (nSPS) is 11.7. The van der Waals surface area contributed by atoms with E-state index in [1.165, 1.54) is 30.5 Å². The molecule has 0 bridgehead atoms. The zero-order valence-corrected chi connectivity index (χ0v) is 14.3. The Balaban J connectivity index is 2.78. The maximum absolute atomic E-state index is 6.17. The van der Waals surface area contributed by atoms with Crippen LogP contribution >= 0.6 is 11.6 Å². The van der Waals surface area contributed by atoms with Gasteiger partial charge in [-0.05, 0) is 44.9 Å². The molecule has 0 saturated carbocycles. The lowest BCUT2D eigenvalue weighted by molar-refractivity contribution is 0.424. The SMILES string of the molecule is CCCCCN(C)c1cc(Cl)ccc1CNC(C)(C)C. The Morgan fingerprint density at radius 2 is 1.90 bits per heavy atom. The highest BCUT2D eigenvalue weighted by Crippen LogP contribution is 2.25. The Labute approximate surface area is 129 Å². The van der Waals surface area contributed by atoms with E-state index in [1.54, 1.807) is 0 Å². The number of halogens is 1. The van der Waals surface area contributed by atoms with Crippen molar-refractivity contribution in [3.8, 4) is 0 Å². The number of benzene rings is 1. The molecule has 0 fully saturated rings. The van der Waals surface area contributed by atoms with E-state index >= 15 is 0 Å². The highest BCUT2D eigenvalue weighted by molar-refractivity contribution is 6.30. The lowest BCUT2D eigenvalue weighted by Gasteiger charge is -2.26. The van der Waals surface area contributed by atoms with Gasteiger partial charge in [0.25, 0.3) is 0 Å². The molecule has 1 aromatic rings. The minimum absolute atomic E-state index is 0.123. The van der Waals surface area contributed by atoms with Crippen LogP contribution < -0.4 is 10.2 Å². The molecular weight excluding hydrogens is 268 g/mol. The largest absolute Gasteiger partial charge is 0.374 e. The van der Waals surface area contributed by atoms with Gasteiger partial charge in [-0.25, -0.2) is 0 Å². The molecule has 1 N–H and O–H groups in total. The molecule has 0 atom stereocenters. The van der Waals surface area contributed by atoms with E-state index in [-0.39, 0.29) is 5.54 Å². The maximum atomic E-state index is 6.17. The zero-order chi connectivity index (χ0) is 15.2. The number of unbranched alkanes of at least 4 members (excludes halogenated alkanes) is 2. The van der Waals surface area contributed by atoms with Crippen molar-refractivity contribution in [1.29, 1.82) is 0 Å². The van der Waals surface area contributed by atoms with Crippen LogP contribution in [0.2, 0.25) is 5.02 Å². The number of hydrogen-bond acceptors (Lipinski definition) is 2. The van der Waals surface area contributed by atoms with Crippen LogP contribution in [0.1, 0.15) is 52.5 Å². The third kappa shape index (κ3) is 6.15. The number of nitrogens with one attached hydrogen (secondary N) is 1. The van der Waals surface area contributed by atoms with Crippen LogP contribution in [0.3, 0.4) is 0 Å². The molecule has 0 aromatic heterocycles. The van der Waals surface area contributed by atoms with Crippen LogP contribution in [-0.2, 0) is 6.54 Å². The second kappa shape index (κ2) is 7.90. The Hall–Kier alpha value is -0.730. The van der Waals surface area contributed by atoms with Crippen LogP contribution in [0.15, 0.2) is 18.2 Å². The first-order valence-electron chi connectivity index (χ1n) is 7.58. The summed E-state index contributed by atoms with van der Waals surface area (Å²) in [4.78, 5) is 2.32. The Bertz CT molecular complexity index is 410. The van der Waals surface area contributed by atoms with Crippen molar-refractivity contribution in [2.24, 2.45) is 0 Å². The van der Waals surface area contributed by atoms with Gasteiger partial charge in [-0.15, -0.1) is 0 Å². The molecule has 0 aliphatic rings. The first kappa shape index (κ1) is 17.3. The van der Waals surface area contributed by atoms with Crippen molar-refractivity contribution in [2.45, 2.75) is 59.0 Å². The lowest BCUT2D eigenvalue weighted by Crippen LogP contribution is -2.35. The zero-order valence-electron chi connectivity index (χ0n) is 13.6. The molecule has 114 valence electrons. The number of nitrogens with zero attached hydrogens (tertiary/aromatic N) is 1. The summed E-state index contributed by atoms with van der Waals surface area (Å²) in [6, 6.07) is 6.19. The van der Waals surface area contributed by atoms with Gasteiger partial charge >= 0.3 is 0 Å². The molecule has 1 aromatic carbocycles. The van der Waals surface area contributed by atoms with Crippen molar-refractivity contribution in [1.82, 2.24) is 5.32 Å². The van der Waals surface area contributed by atoms with Gasteiger partial charge in [0.15, 0.2) is 0 Å². The van der Waals surface area contributed by atoms with Gasteiger partial charge in [0.2, 0.25) is 0 Å². The summed E-state index contributed by atoms with van der Waals surface area (Å²) in [6.45, 7) is 10.7. The fourth-order valence-electron chi connectivity index (χ4n) is 2.12. The summed E-state index contributed by atoms with van der Waals surface area (Å²) >= 11 is 6.17. The highest BCUT2D eigenvalue weighted by atomic mass is 35.5. The van der Waals surface area contributed by atoms with Crippen molar-refractivity contribution in [3.05, 3.63) is 28.8 Å². The van der Waals surface area contributed by atoms with Gasteiger partial charge in [-0.2, -0.15) is 0 Å². The lowest BCUT2D eigenvalue weighted by atomic mass is 10.1. The van der Waals surface area contributed by atoms with E-state index in [9.17, 15) is 0 Å². The van der Waals surface area contributed by atoms with Crippen molar-refractivity contribution < 1.29 is 0 Å². The molecule has 0 heterocycles. The molecule has 2 nitrogen and oxygen atoms in total. The minimum atomic E-state index is 0.123. The Kier molecular flexibility index (Phi) is 6.84. The summed E-state index contributed by atoms with van der Waals surface area (Å²) in [6.07, 6.45) is 3.76.